The number of rotatable bonds is 17. The molecule has 0 aromatic carbocycles. The molecule has 0 aromatic heterocycles. The van der Waals surface area contributed by atoms with E-state index in [0.29, 0.717) is 32.2 Å². The summed E-state index contributed by atoms with van der Waals surface area (Å²) in [6.45, 7) is 0.578. The van der Waals surface area contributed by atoms with Crippen molar-refractivity contribution in [1.82, 2.24) is 10.6 Å². The highest BCUT2D eigenvalue weighted by Crippen LogP contribution is 2.05. The van der Waals surface area contributed by atoms with E-state index in [4.69, 9.17) is 5.73 Å². The molecule has 0 bridgehead atoms. The molecule has 0 fully saturated rings. The fraction of sp³-hybridized carbons (Fsp3) is 0.833. The van der Waals surface area contributed by atoms with Gasteiger partial charge in [-0.2, -0.15) is 25.3 Å². The number of carbonyl (C=O) groups excluding carboxylic acids is 3. The van der Waals surface area contributed by atoms with Crippen LogP contribution in [0.4, 0.5) is 0 Å². The lowest BCUT2D eigenvalue weighted by Crippen LogP contribution is -2.44. The monoisotopic (exact) mass is 405 g/mol. The van der Waals surface area contributed by atoms with Gasteiger partial charge >= 0.3 is 0 Å². The molecule has 152 valence electrons. The zero-order valence-corrected chi connectivity index (χ0v) is 17.5. The number of nitrogens with two attached hydrogens (primary N) is 1. The minimum atomic E-state index is -0.635. The standard InChI is InChI=1S/C18H35N3O3S2/c19-18(24)15(21-17(23)11-4-2-8-14-26)9-5-6-12-20-16(22)10-3-1-7-13-25/h15,25-26H,1-14H2,(H2,19,24)(H,20,22)(H,21,23)/t15-/m0/s1. The number of primary amides is 1. The molecule has 0 heterocycles. The first-order chi connectivity index (χ1) is 12.5. The van der Waals surface area contributed by atoms with Crippen molar-refractivity contribution in [2.24, 2.45) is 5.73 Å². The maximum Gasteiger partial charge on any atom is 0.239 e. The zero-order chi connectivity index (χ0) is 19.6. The lowest BCUT2D eigenvalue weighted by molar-refractivity contribution is -0.127. The second-order valence-corrected chi connectivity index (χ2v) is 7.33. The van der Waals surface area contributed by atoms with Crippen LogP contribution < -0.4 is 16.4 Å². The number of unbranched alkanes of at least 4 members (excludes halogenated alkanes) is 5. The van der Waals surface area contributed by atoms with Crippen LogP contribution in [0.25, 0.3) is 0 Å². The highest BCUT2D eigenvalue weighted by atomic mass is 32.1. The molecule has 8 heteroatoms. The Kier molecular flexibility index (Phi) is 16.9. The molecule has 0 saturated heterocycles. The largest absolute Gasteiger partial charge is 0.368 e. The van der Waals surface area contributed by atoms with Gasteiger partial charge in [0.15, 0.2) is 0 Å². The Morgan fingerprint density at radius 2 is 1.35 bits per heavy atom. The molecule has 0 aliphatic heterocycles. The molecule has 26 heavy (non-hydrogen) atoms. The Morgan fingerprint density at radius 1 is 0.769 bits per heavy atom. The van der Waals surface area contributed by atoms with Crippen molar-refractivity contribution in [2.75, 3.05) is 18.1 Å². The predicted octanol–water partition coefficient (Wildman–Crippen LogP) is 2.22. The van der Waals surface area contributed by atoms with Gasteiger partial charge in [-0.25, -0.2) is 0 Å². The van der Waals surface area contributed by atoms with Gasteiger partial charge in [0.25, 0.3) is 0 Å². The van der Waals surface area contributed by atoms with Gasteiger partial charge in [0, 0.05) is 19.4 Å². The molecule has 0 unspecified atom stereocenters. The molecular formula is C18H35N3O3S2. The van der Waals surface area contributed by atoms with Crippen LogP contribution in [0.3, 0.4) is 0 Å². The molecule has 0 aliphatic carbocycles. The van der Waals surface area contributed by atoms with Gasteiger partial charge in [-0.15, -0.1) is 0 Å². The molecule has 0 rings (SSSR count). The minimum absolute atomic E-state index is 0.0603. The Balaban J connectivity index is 3.81. The van der Waals surface area contributed by atoms with Crippen LogP contribution in [-0.2, 0) is 14.4 Å². The summed E-state index contributed by atoms with van der Waals surface area (Å²) in [5.41, 5.74) is 5.36. The lowest BCUT2D eigenvalue weighted by Gasteiger charge is -2.15. The fourth-order valence-corrected chi connectivity index (χ4v) is 2.94. The van der Waals surface area contributed by atoms with E-state index in [1.54, 1.807) is 0 Å². The molecule has 4 N–H and O–H groups in total. The van der Waals surface area contributed by atoms with Crippen LogP contribution in [0.5, 0.6) is 0 Å². The SMILES string of the molecule is NC(=O)[C@H](CCCCNC(=O)CCCCCS)NC(=O)CCCCCS. The Labute approximate surface area is 168 Å². The minimum Gasteiger partial charge on any atom is -0.368 e. The predicted molar refractivity (Wildman–Crippen MR) is 113 cm³/mol. The molecule has 3 amide bonds. The number of carbonyl (C=O) groups is 3. The average molecular weight is 406 g/mol. The van der Waals surface area contributed by atoms with Crippen LogP contribution in [0.1, 0.15) is 70.6 Å². The second kappa shape index (κ2) is 17.5. The van der Waals surface area contributed by atoms with E-state index in [-0.39, 0.29) is 11.8 Å². The van der Waals surface area contributed by atoms with Gasteiger partial charge in [0.2, 0.25) is 17.7 Å². The van der Waals surface area contributed by atoms with Gasteiger partial charge in [0.1, 0.15) is 6.04 Å². The van der Waals surface area contributed by atoms with E-state index in [2.05, 4.69) is 35.9 Å². The van der Waals surface area contributed by atoms with Gasteiger partial charge in [-0.3, -0.25) is 14.4 Å². The Bertz CT molecular complexity index is 409. The third-order valence-corrected chi connectivity index (χ3v) is 4.68. The maximum atomic E-state index is 11.8. The summed E-state index contributed by atoms with van der Waals surface area (Å²) in [5.74, 6) is 1.08. The van der Waals surface area contributed by atoms with E-state index in [1.165, 1.54) is 0 Å². The van der Waals surface area contributed by atoms with Crippen LogP contribution in [0, 0.1) is 0 Å². The van der Waals surface area contributed by atoms with Crippen molar-refractivity contribution in [3.63, 3.8) is 0 Å². The summed E-state index contributed by atoms with van der Waals surface area (Å²) in [6, 6.07) is -0.635. The molecule has 0 saturated carbocycles. The molecule has 0 aromatic rings. The summed E-state index contributed by atoms with van der Waals surface area (Å²) < 4.78 is 0. The van der Waals surface area contributed by atoms with E-state index in [0.717, 1.165) is 56.5 Å². The summed E-state index contributed by atoms with van der Waals surface area (Å²) in [7, 11) is 0. The summed E-state index contributed by atoms with van der Waals surface area (Å²) >= 11 is 8.27. The number of thiol groups is 2. The maximum absolute atomic E-state index is 11.8. The van der Waals surface area contributed by atoms with E-state index in [1.807, 2.05) is 0 Å². The van der Waals surface area contributed by atoms with Crippen LogP contribution in [-0.4, -0.2) is 41.8 Å². The summed E-state index contributed by atoms with van der Waals surface area (Å²) in [5, 5.41) is 5.58. The van der Waals surface area contributed by atoms with E-state index in [9.17, 15) is 14.4 Å². The highest BCUT2D eigenvalue weighted by Gasteiger charge is 2.17. The third-order valence-electron chi connectivity index (χ3n) is 4.04. The van der Waals surface area contributed by atoms with Crippen molar-refractivity contribution in [2.45, 2.75) is 76.7 Å². The van der Waals surface area contributed by atoms with Gasteiger partial charge in [-0.05, 0) is 56.5 Å². The summed E-state index contributed by atoms with van der Waals surface area (Å²) in [4.78, 5) is 35.0. The van der Waals surface area contributed by atoms with Crippen molar-refractivity contribution in [1.29, 1.82) is 0 Å². The fourth-order valence-electron chi connectivity index (χ4n) is 2.49. The third kappa shape index (κ3) is 15.4. The molecule has 0 radical (unpaired) electrons. The average Bonchev–Trinajstić information content (AvgIpc) is 2.61. The molecular weight excluding hydrogens is 370 g/mol. The van der Waals surface area contributed by atoms with Crippen LogP contribution in [0.15, 0.2) is 0 Å². The van der Waals surface area contributed by atoms with E-state index >= 15 is 0 Å². The van der Waals surface area contributed by atoms with Crippen molar-refractivity contribution < 1.29 is 14.4 Å². The quantitative estimate of drug-likeness (QED) is 0.189. The first kappa shape index (κ1) is 25.1. The molecule has 6 nitrogen and oxygen atoms in total. The summed E-state index contributed by atoms with van der Waals surface area (Å²) in [6.07, 6.45) is 8.57. The lowest BCUT2D eigenvalue weighted by atomic mass is 10.1. The number of nitrogens with one attached hydrogen (secondary N) is 2. The highest BCUT2D eigenvalue weighted by molar-refractivity contribution is 7.80. The van der Waals surface area contributed by atoms with Gasteiger partial charge < -0.3 is 16.4 Å². The van der Waals surface area contributed by atoms with E-state index < -0.39 is 11.9 Å². The first-order valence-corrected chi connectivity index (χ1v) is 10.8. The normalized spacial score (nSPS) is 11.8. The van der Waals surface area contributed by atoms with Crippen LogP contribution >= 0.6 is 25.3 Å². The van der Waals surface area contributed by atoms with Crippen LogP contribution in [0.2, 0.25) is 0 Å². The first-order valence-electron chi connectivity index (χ1n) is 9.58. The molecule has 0 spiro atoms. The van der Waals surface area contributed by atoms with Crippen molar-refractivity contribution in [3.05, 3.63) is 0 Å². The van der Waals surface area contributed by atoms with Crippen molar-refractivity contribution >= 4 is 43.0 Å². The Hall–Kier alpha value is -0.890. The topological polar surface area (TPSA) is 101 Å². The smallest absolute Gasteiger partial charge is 0.239 e. The van der Waals surface area contributed by atoms with Crippen molar-refractivity contribution in [3.8, 4) is 0 Å². The molecule has 0 aliphatic rings. The number of hydrogen-bond acceptors (Lipinski definition) is 5. The molecule has 1 atom stereocenters. The van der Waals surface area contributed by atoms with Gasteiger partial charge in [-0.1, -0.05) is 12.8 Å². The zero-order valence-electron chi connectivity index (χ0n) is 15.7. The second-order valence-electron chi connectivity index (χ2n) is 6.44. The number of hydrogen-bond donors (Lipinski definition) is 5. The number of amides is 3. The van der Waals surface area contributed by atoms with Gasteiger partial charge in [0.05, 0.1) is 0 Å². The Morgan fingerprint density at radius 3 is 1.88 bits per heavy atom.